The molecule has 4 N–H and O–H groups in total. The number of hydrogen-bond donors (Lipinski definition) is 3. The fraction of sp³-hybridized carbons (Fsp3) is 0.156. The van der Waals surface area contributed by atoms with Crippen molar-refractivity contribution in [3.63, 3.8) is 0 Å². The third-order valence-electron chi connectivity index (χ3n) is 7.25. The molecule has 1 aliphatic heterocycles. The Labute approximate surface area is 261 Å². The molecule has 5 aromatic rings. The van der Waals surface area contributed by atoms with Gasteiger partial charge in [-0.2, -0.15) is 0 Å². The number of nitrogens with two attached hydrogens (primary N) is 1. The highest BCUT2D eigenvalue weighted by Gasteiger charge is 2.21. The number of ether oxygens (including phenoxy) is 1. The van der Waals surface area contributed by atoms with Crippen LogP contribution in [0, 0.1) is 12.7 Å². The average molecular weight is 632 g/mol. The topological polar surface area (TPSA) is 123 Å². The number of hydrogen-bond acceptors (Lipinski definition) is 8. The molecule has 6 rings (SSSR count). The van der Waals surface area contributed by atoms with Crippen molar-refractivity contribution in [2.45, 2.75) is 11.8 Å². The van der Waals surface area contributed by atoms with Gasteiger partial charge in [0.2, 0.25) is 5.75 Å². The summed E-state index contributed by atoms with van der Waals surface area (Å²) in [6.07, 6.45) is 1.58. The molecule has 0 unspecified atom stereocenters. The number of anilines is 1. The number of aromatic nitrogens is 2. The fourth-order valence-corrected chi connectivity index (χ4v) is 5.67. The number of carbonyl (C=O) groups excluding carboxylic acids is 1. The molecule has 0 atom stereocenters. The van der Waals surface area contributed by atoms with E-state index in [0.29, 0.717) is 64.2 Å². The van der Waals surface area contributed by atoms with Crippen LogP contribution in [0.25, 0.3) is 33.2 Å². The first-order valence-electron chi connectivity index (χ1n) is 13.7. The van der Waals surface area contributed by atoms with Crippen LogP contribution in [-0.2, 0) is 4.74 Å². The number of nitrogens with one attached hydrogen (secondary N) is 2. The van der Waals surface area contributed by atoms with Crippen LogP contribution in [0.5, 0.6) is 5.75 Å². The number of morpholine rings is 1. The van der Waals surface area contributed by atoms with E-state index in [2.05, 4.69) is 14.9 Å². The van der Waals surface area contributed by atoms with Crippen molar-refractivity contribution < 1.29 is 18.8 Å². The number of rotatable bonds is 7. The highest BCUT2D eigenvalue weighted by molar-refractivity contribution is 7.97. The van der Waals surface area contributed by atoms with Gasteiger partial charge in [-0.05, 0) is 84.1 Å². The summed E-state index contributed by atoms with van der Waals surface area (Å²) < 4.78 is 19.5. The Morgan fingerprint density at radius 2 is 1.86 bits per heavy atom. The standard InChI is InChI=1S/C32H27ClFN5O4S/c1-18-2-7-29(26(34)12-18)44-38-43-28-16-22(17-36-31(28)40)19-4-6-27-21(13-19)14-24(30(35)37-27)20-3-5-23(25(33)15-20)32(41)39-8-10-42-11-9-39/h2-7,12-17,38H,8-11H2,1H3,(H2,35,37)(H,36,40). The fourth-order valence-electron chi connectivity index (χ4n) is 4.90. The van der Waals surface area contributed by atoms with Crippen molar-refractivity contribution >= 4 is 46.2 Å². The molecule has 3 aromatic carbocycles. The van der Waals surface area contributed by atoms with Crippen molar-refractivity contribution in [3.8, 4) is 28.0 Å². The SMILES string of the molecule is Cc1ccc(SNOc2cc(-c3ccc4nc(N)c(-c5ccc(C(=O)N6CCOCC6)c(Cl)c5)cc4c3)c[nH]c2=O)c(F)c1. The lowest BCUT2D eigenvalue weighted by molar-refractivity contribution is 0.0303. The summed E-state index contributed by atoms with van der Waals surface area (Å²) in [5.41, 5.74) is 10.6. The normalized spacial score (nSPS) is 13.3. The molecule has 224 valence electrons. The number of amides is 1. The molecule has 44 heavy (non-hydrogen) atoms. The monoisotopic (exact) mass is 631 g/mol. The van der Waals surface area contributed by atoms with Gasteiger partial charge in [-0.25, -0.2) is 9.37 Å². The third kappa shape index (κ3) is 6.27. The van der Waals surface area contributed by atoms with Gasteiger partial charge in [0.1, 0.15) is 11.6 Å². The second-order valence-corrected chi connectivity index (χ2v) is 11.4. The summed E-state index contributed by atoms with van der Waals surface area (Å²) in [7, 11) is 0. The second kappa shape index (κ2) is 12.7. The minimum atomic E-state index is -0.448. The highest BCUT2D eigenvalue weighted by Crippen LogP contribution is 2.33. The van der Waals surface area contributed by atoms with E-state index in [1.807, 2.05) is 30.3 Å². The maximum Gasteiger partial charge on any atom is 0.292 e. The van der Waals surface area contributed by atoms with Gasteiger partial charge in [-0.15, -0.1) is 0 Å². The van der Waals surface area contributed by atoms with Crippen molar-refractivity contribution in [2.24, 2.45) is 0 Å². The summed E-state index contributed by atoms with van der Waals surface area (Å²) in [4.78, 5) is 42.8. The number of aromatic amines is 1. The Hall–Kier alpha value is -4.42. The molecule has 0 spiro atoms. The Morgan fingerprint density at radius 3 is 2.64 bits per heavy atom. The van der Waals surface area contributed by atoms with Gasteiger partial charge in [0.05, 0.1) is 34.2 Å². The van der Waals surface area contributed by atoms with E-state index >= 15 is 0 Å². The van der Waals surface area contributed by atoms with Crippen LogP contribution in [0.4, 0.5) is 10.2 Å². The predicted octanol–water partition coefficient (Wildman–Crippen LogP) is 6.00. The molecule has 1 saturated heterocycles. The zero-order valence-electron chi connectivity index (χ0n) is 23.5. The molecule has 1 fully saturated rings. The molecule has 1 amide bonds. The van der Waals surface area contributed by atoms with Crippen LogP contribution in [0.1, 0.15) is 15.9 Å². The Kier molecular flexibility index (Phi) is 8.53. The molecule has 2 aromatic heterocycles. The number of benzene rings is 3. The first-order valence-corrected chi connectivity index (χ1v) is 14.9. The van der Waals surface area contributed by atoms with Gasteiger partial charge < -0.3 is 25.2 Å². The van der Waals surface area contributed by atoms with Crippen molar-refractivity contribution in [1.29, 1.82) is 0 Å². The van der Waals surface area contributed by atoms with E-state index in [1.54, 1.807) is 48.4 Å². The number of fused-ring (bicyclic) bond motifs is 1. The molecule has 0 aliphatic carbocycles. The van der Waals surface area contributed by atoms with Crippen molar-refractivity contribution in [1.82, 2.24) is 19.8 Å². The first kappa shape index (κ1) is 29.6. The Morgan fingerprint density at radius 1 is 1.07 bits per heavy atom. The van der Waals surface area contributed by atoms with E-state index in [9.17, 15) is 14.0 Å². The van der Waals surface area contributed by atoms with Crippen molar-refractivity contribution in [2.75, 3.05) is 32.0 Å². The van der Waals surface area contributed by atoms with E-state index in [4.69, 9.17) is 26.9 Å². The van der Waals surface area contributed by atoms with E-state index in [-0.39, 0.29) is 11.7 Å². The quantitative estimate of drug-likeness (QED) is 0.148. The molecule has 9 nitrogen and oxygen atoms in total. The summed E-state index contributed by atoms with van der Waals surface area (Å²) in [5.74, 6) is -0.195. The zero-order chi connectivity index (χ0) is 30.8. The van der Waals surface area contributed by atoms with Crippen LogP contribution in [0.15, 0.2) is 82.6 Å². The number of aryl methyl sites for hydroxylation is 1. The zero-order valence-corrected chi connectivity index (χ0v) is 25.1. The van der Waals surface area contributed by atoms with Crippen LogP contribution in [0.2, 0.25) is 5.02 Å². The Balaban J connectivity index is 1.25. The minimum absolute atomic E-state index is 0.0140. The van der Waals surface area contributed by atoms with Gasteiger partial charge in [-0.1, -0.05) is 34.7 Å². The van der Waals surface area contributed by atoms with Crippen molar-refractivity contribution in [3.05, 3.63) is 105 Å². The molecule has 0 radical (unpaired) electrons. The predicted molar refractivity (Wildman–Crippen MR) is 170 cm³/mol. The summed E-state index contributed by atoms with van der Waals surface area (Å²) in [5, 5.41) is 1.12. The number of nitrogen functional groups attached to an aromatic ring is 1. The third-order valence-corrected chi connectivity index (χ3v) is 8.28. The van der Waals surface area contributed by atoms with Gasteiger partial charge in [0.25, 0.3) is 11.5 Å². The van der Waals surface area contributed by atoms with Crippen LogP contribution in [-0.4, -0.2) is 47.1 Å². The number of pyridine rings is 2. The van der Waals surface area contributed by atoms with Gasteiger partial charge in [0.15, 0.2) is 0 Å². The van der Waals surface area contributed by atoms with Gasteiger partial charge >= 0.3 is 0 Å². The summed E-state index contributed by atoms with van der Waals surface area (Å²) in [6, 6.07) is 19.2. The number of H-pyrrole nitrogens is 1. The largest absolute Gasteiger partial charge is 0.392 e. The minimum Gasteiger partial charge on any atom is -0.392 e. The number of nitrogens with zero attached hydrogens (tertiary/aromatic N) is 2. The maximum atomic E-state index is 14.1. The molecular formula is C32H27ClFN5O4S. The summed E-state index contributed by atoms with van der Waals surface area (Å²) >= 11 is 7.49. The molecule has 12 heteroatoms. The first-order chi connectivity index (χ1) is 21.3. The lowest BCUT2D eigenvalue weighted by Gasteiger charge is -2.27. The molecule has 1 aliphatic rings. The van der Waals surface area contributed by atoms with Crippen LogP contribution < -0.4 is 21.0 Å². The second-order valence-electron chi connectivity index (χ2n) is 10.2. The maximum absolute atomic E-state index is 14.1. The molecule has 3 heterocycles. The summed E-state index contributed by atoms with van der Waals surface area (Å²) in [6.45, 7) is 3.84. The lowest BCUT2D eigenvalue weighted by atomic mass is 10.00. The van der Waals surface area contributed by atoms with Crippen LogP contribution in [0.3, 0.4) is 0 Å². The Bertz CT molecular complexity index is 1950. The molecule has 0 saturated carbocycles. The van der Waals surface area contributed by atoms with Gasteiger partial charge in [-0.3, -0.25) is 9.59 Å². The number of halogens is 2. The van der Waals surface area contributed by atoms with E-state index in [0.717, 1.165) is 34.0 Å². The average Bonchev–Trinajstić information content (AvgIpc) is 3.02. The van der Waals surface area contributed by atoms with Crippen LogP contribution >= 0.6 is 23.5 Å². The number of carbonyl (C=O) groups is 1. The highest BCUT2D eigenvalue weighted by atomic mass is 35.5. The van der Waals surface area contributed by atoms with Gasteiger partial charge in [0, 0.05) is 35.8 Å². The van der Waals surface area contributed by atoms with E-state index < -0.39 is 11.4 Å². The van der Waals surface area contributed by atoms with E-state index in [1.165, 1.54) is 6.07 Å². The lowest BCUT2D eigenvalue weighted by Crippen LogP contribution is -2.40. The smallest absolute Gasteiger partial charge is 0.292 e. The molecular weight excluding hydrogens is 605 g/mol. The molecule has 0 bridgehead atoms.